The van der Waals surface area contributed by atoms with Crippen LogP contribution in [0.3, 0.4) is 0 Å². The van der Waals surface area contributed by atoms with Crippen molar-refractivity contribution in [1.82, 2.24) is 0 Å². The van der Waals surface area contributed by atoms with Gasteiger partial charge in [-0.15, -0.1) is 0 Å². The van der Waals surface area contributed by atoms with E-state index in [4.69, 9.17) is 5.11 Å². The number of carbonyl (C=O) groups excluding carboxylic acids is 1. The molecular weight excluding hydrogens is 230 g/mol. The fourth-order valence-corrected chi connectivity index (χ4v) is 1.62. The number of para-hydroxylation sites is 1. The number of carbonyl (C=O) groups is 2. The zero-order chi connectivity index (χ0) is 13.8. The first-order valence-corrected chi connectivity index (χ1v) is 5.87. The number of rotatable bonds is 4. The summed E-state index contributed by atoms with van der Waals surface area (Å²) in [7, 11) is 0. The topological polar surface area (TPSA) is 57.6 Å². The summed E-state index contributed by atoms with van der Waals surface area (Å²) < 4.78 is 0. The molecule has 1 rings (SSSR count). The second-order valence-electron chi connectivity index (χ2n) is 5.45. The van der Waals surface area contributed by atoms with Crippen molar-refractivity contribution >= 4 is 17.6 Å². The van der Waals surface area contributed by atoms with E-state index in [0.717, 1.165) is 0 Å². The first-order chi connectivity index (χ1) is 8.29. The molecule has 0 atom stereocenters. The molecule has 0 spiro atoms. The first-order valence-electron chi connectivity index (χ1n) is 5.87. The molecule has 0 saturated carbocycles. The standard InChI is InChI=1S/C14H19NO3/c1-14(2,3)9-12(16)15(10-13(17)18)11-7-5-4-6-8-11/h4-8H,9-10H2,1-3H3,(H,17,18). The highest BCUT2D eigenvalue weighted by atomic mass is 16.4. The minimum absolute atomic E-state index is 0.164. The molecule has 98 valence electrons. The minimum atomic E-state index is -1.01. The number of aliphatic carboxylic acids is 1. The molecule has 0 fully saturated rings. The second-order valence-corrected chi connectivity index (χ2v) is 5.45. The monoisotopic (exact) mass is 249 g/mol. The number of hydrogen-bond acceptors (Lipinski definition) is 2. The van der Waals surface area contributed by atoms with Crippen molar-refractivity contribution in [2.75, 3.05) is 11.4 Å². The highest BCUT2D eigenvalue weighted by Crippen LogP contribution is 2.22. The lowest BCUT2D eigenvalue weighted by atomic mass is 9.91. The number of carboxylic acid groups (broad SMARTS) is 1. The van der Waals surface area contributed by atoms with E-state index in [2.05, 4.69) is 0 Å². The van der Waals surface area contributed by atoms with Crippen LogP contribution < -0.4 is 4.90 Å². The zero-order valence-electron chi connectivity index (χ0n) is 11.0. The summed E-state index contributed by atoms with van der Waals surface area (Å²) in [6.07, 6.45) is 0.315. The van der Waals surface area contributed by atoms with E-state index in [1.807, 2.05) is 26.8 Å². The van der Waals surface area contributed by atoms with Gasteiger partial charge in [0.2, 0.25) is 5.91 Å². The third-order valence-corrected chi connectivity index (χ3v) is 2.34. The van der Waals surface area contributed by atoms with Gasteiger partial charge in [-0.1, -0.05) is 39.0 Å². The predicted octanol–water partition coefficient (Wildman–Crippen LogP) is 2.54. The molecule has 0 aliphatic rings. The van der Waals surface area contributed by atoms with Crippen molar-refractivity contribution in [2.45, 2.75) is 27.2 Å². The number of anilines is 1. The van der Waals surface area contributed by atoms with Crippen LogP contribution in [0.1, 0.15) is 27.2 Å². The van der Waals surface area contributed by atoms with Crippen molar-refractivity contribution in [2.24, 2.45) is 5.41 Å². The van der Waals surface area contributed by atoms with Crippen molar-refractivity contribution in [1.29, 1.82) is 0 Å². The summed E-state index contributed by atoms with van der Waals surface area (Å²) >= 11 is 0. The van der Waals surface area contributed by atoms with Gasteiger partial charge in [0.1, 0.15) is 6.54 Å². The molecule has 0 aliphatic heterocycles. The Kier molecular flexibility index (Phi) is 4.48. The number of amides is 1. The third-order valence-electron chi connectivity index (χ3n) is 2.34. The van der Waals surface area contributed by atoms with E-state index in [1.165, 1.54) is 4.90 Å². The molecule has 1 amide bonds. The van der Waals surface area contributed by atoms with E-state index in [1.54, 1.807) is 24.3 Å². The lowest BCUT2D eigenvalue weighted by Crippen LogP contribution is -2.37. The third kappa shape index (κ3) is 4.57. The number of carboxylic acids is 1. The van der Waals surface area contributed by atoms with Gasteiger partial charge >= 0.3 is 5.97 Å². The van der Waals surface area contributed by atoms with Gasteiger partial charge in [0.15, 0.2) is 0 Å². The molecular formula is C14H19NO3. The van der Waals surface area contributed by atoms with Crippen LogP contribution in [-0.4, -0.2) is 23.5 Å². The molecule has 4 nitrogen and oxygen atoms in total. The van der Waals surface area contributed by atoms with E-state index >= 15 is 0 Å². The second kappa shape index (κ2) is 5.67. The lowest BCUT2D eigenvalue weighted by Gasteiger charge is -2.25. The molecule has 1 N–H and O–H groups in total. The summed E-state index contributed by atoms with van der Waals surface area (Å²) in [6.45, 7) is 5.55. The largest absolute Gasteiger partial charge is 0.480 e. The van der Waals surface area contributed by atoms with E-state index in [-0.39, 0.29) is 17.9 Å². The van der Waals surface area contributed by atoms with E-state index in [9.17, 15) is 9.59 Å². The van der Waals surface area contributed by atoms with Gasteiger partial charge in [-0.05, 0) is 17.5 Å². The van der Waals surface area contributed by atoms with Crippen LogP contribution in [0.25, 0.3) is 0 Å². The molecule has 18 heavy (non-hydrogen) atoms. The first kappa shape index (κ1) is 14.2. The molecule has 0 unspecified atom stereocenters. The quantitative estimate of drug-likeness (QED) is 0.892. The molecule has 0 aliphatic carbocycles. The Hall–Kier alpha value is -1.84. The van der Waals surface area contributed by atoms with Crippen LogP contribution in [0.4, 0.5) is 5.69 Å². The van der Waals surface area contributed by atoms with Gasteiger partial charge in [-0.3, -0.25) is 9.59 Å². The highest BCUT2D eigenvalue weighted by Gasteiger charge is 2.23. The smallest absolute Gasteiger partial charge is 0.323 e. The van der Waals surface area contributed by atoms with Crippen LogP contribution in [0.15, 0.2) is 30.3 Å². The Morgan fingerprint density at radius 3 is 2.17 bits per heavy atom. The molecule has 1 aromatic rings. The van der Waals surface area contributed by atoms with Gasteiger partial charge in [-0.2, -0.15) is 0 Å². The average molecular weight is 249 g/mol. The molecule has 0 aromatic heterocycles. The van der Waals surface area contributed by atoms with Crippen LogP contribution >= 0.6 is 0 Å². The predicted molar refractivity (Wildman–Crippen MR) is 70.5 cm³/mol. The number of nitrogens with zero attached hydrogens (tertiary/aromatic N) is 1. The van der Waals surface area contributed by atoms with Gasteiger partial charge in [0.25, 0.3) is 0 Å². The molecule has 0 bridgehead atoms. The molecule has 0 radical (unpaired) electrons. The van der Waals surface area contributed by atoms with Crippen molar-refractivity contribution < 1.29 is 14.7 Å². The molecule has 0 heterocycles. The summed E-state index contributed by atoms with van der Waals surface area (Å²) in [6, 6.07) is 8.88. The lowest BCUT2D eigenvalue weighted by molar-refractivity contribution is -0.136. The maximum absolute atomic E-state index is 12.2. The number of hydrogen-bond donors (Lipinski definition) is 1. The minimum Gasteiger partial charge on any atom is -0.480 e. The summed E-state index contributed by atoms with van der Waals surface area (Å²) in [5, 5.41) is 8.90. The van der Waals surface area contributed by atoms with Gasteiger partial charge < -0.3 is 10.0 Å². The van der Waals surface area contributed by atoms with Crippen molar-refractivity contribution in [3.8, 4) is 0 Å². The maximum atomic E-state index is 12.2. The van der Waals surface area contributed by atoms with Crippen LogP contribution in [0, 0.1) is 5.41 Å². The molecule has 1 aromatic carbocycles. The Balaban J connectivity index is 2.92. The summed E-state index contributed by atoms with van der Waals surface area (Å²) in [5.74, 6) is -1.18. The highest BCUT2D eigenvalue weighted by molar-refractivity contribution is 5.97. The fraction of sp³-hybridized carbons (Fsp3) is 0.429. The Morgan fingerprint density at radius 2 is 1.72 bits per heavy atom. The van der Waals surface area contributed by atoms with Crippen LogP contribution in [0.5, 0.6) is 0 Å². The molecule has 0 saturated heterocycles. The SMILES string of the molecule is CC(C)(C)CC(=O)N(CC(=O)O)c1ccccc1. The van der Waals surface area contributed by atoms with Gasteiger partial charge in [0.05, 0.1) is 0 Å². The van der Waals surface area contributed by atoms with Crippen LogP contribution in [0.2, 0.25) is 0 Å². The van der Waals surface area contributed by atoms with E-state index in [0.29, 0.717) is 12.1 Å². The maximum Gasteiger partial charge on any atom is 0.323 e. The average Bonchev–Trinajstić information content (AvgIpc) is 2.24. The van der Waals surface area contributed by atoms with E-state index < -0.39 is 5.97 Å². The zero-order valence-corrected chi connectivity index (χ0v) is 11.0. The van der Waals surface area contributed by atoms with Crippen molar-refractivity contribution in [3.63, 3.8) is 0 Å². The Labute approximate surface area is 107 Å². The van der Waals surface area contributed by atoms with Gasteiger partial charge in [0, 0.05) is 12.1 Å². The fourth-order valence-electron chi connectivity index (χ4n) is 1.62. The Bertz CT molecular complexity index is 420. The number of benzene rings is 1. The van der Waals surface area contributed by atoms with Gasteiger partial charge in [-0.25, -0.2) is 0 Å². The summed E-state index contributed by atoms with van der Waals surface area (Å²) in [5.41, 5.74) is 0.456. The van der Waals surface area contributed by atoms with Crippen molar-refractivity contribution in [3.05, 3.63) is 30.3 Å². The summed E-state index contributed by atoms with van der Waals surface area (Å²) in [4.78, 5) is 24.3. The molecule has 4 heteroatoms. The Morgan fingerprint density at radius 1 is 1.17 bits per heavy atom. The normalized spacial score (nSPS) is 11.1. The van der Waals surface area contributed by atoms with Crippen LogP contribution in [-0.2, 0) is 9.59 Å².